The van der Waals surface area contributed by atoms with E-state index in [1.54, 1.807) is 0 Å². The van der Waals surface area contributed by atoms with Gasteiger partial charge >= 0.3 is 5.97 Å². The Hall–Kier alpha value is -0.920. The second-order valence-electron chi connectivity index (χ2n) is 4.95. The van der Waals surface area contributed by atoms with Crippen molar-refractivity contribution >= 4 is 31.9 Å². The number of sulfonamides is 1. The highest BCUT2D eigenvalue weighted by molar-refractivity contribution is 9.10. The van der Waals surface area contributed by atoms with E-state index in [0.29, 0.717) is 16.9 Å². The average Bonchev–Trinajstić information content (AvgIpc) is 2.89. The molecule has 7 heteroatoms. The molecule has 0 aromatic heterocycles. The first-order chi connectivity index (χ1) is 9.40. The maximum absolute atomic E-state index is 12.3. The summed E-state index contributed by atoms with van der Waals surface area (Å²) in [5, 5.41) is 8.94. The van der Waals surface area contributed by atoms with Crippen molar-refractivity contribution in [2.45, 2.75) is 30.6 Å². The quantitative estimate of drug-likeness (QED) is 0.844. The standard InChI is InChI=1S/C13H16BrNO4S/c14-11-6-5-10(13(16)17)7-12(11)20(18,19)15-8-9-3-1-2-4-9/h5-7,9,15H,1-4,8H2,(H,16,17). The number of aromatic carboxylic acids is 1. The van der Waals surface area contributed by atoms with Gasteiger partial charge in [-0.15, -0.1) is 0 Å². The number of halogens is 1. The SMILES string of the molecule is O=C(O)c1ccc(Br)c(S(=O)(=O)NCC2CCCC2)c1. The van der Waals surface area contributed by atoms with Crippen LogP contribution in [0.25, 0.3) is 0 Å². The average molecular weight is 362 g/mol. The first-order valence-electron chi connectivity index (χ1n) is 6.42. The van der Waals surface area contributed by atoms with Gasteiger partial charge in [0.2, 0.25) is 10.0 Å². The van der Waals surface area contributed by atoms with Crippen LogP contribution in [0.2, 0.25) is 0 Å². The monoisotopic (exact) mass is 361 g/mol. The van der Waals surface area contributed by atoms with Gasteiger partial charge in [-0.05, 0) is 52.9 Å². The molecule has 1 aliphatic rings. The van der Waals surface area contributed by atoms with E-state index >= 15 is 0 Å². The summed E-state index contributed by atoms with van der Waals surface area (Å²) < 4.78 is 27.4. The zero-order valence-electron chi connectivity index (χ0n) is 10.8. The van der Waals surface area contributed by atoms with Crippen LogP contribution in [-0.2, 0) is 10.0 Å². The molecule has 2 N–H and O–H groups in total. The predicted octanol–water partition coefficient (Wildman–Crippen LogP) is 2.62. The van der Waals surface area contributed by atoms with Crippen molar-refractivity contribution in [2.75, 3.05) is 6.54 Å². The molecule has 0 saturated heterocycles. The lowest BCUT2D eigenvalue weighted by molar-refractivity contribution is 0.0696. The van der Waals surface area contributed by atoms with E-state index in [1.165, 1.54) is 18.2 Å². The Kier molecular flexibility index (Phi) is 4.82. The molecule has 1 aromatic carbocycles. The minimum Gasteiger partial charge on any atom is -0.478 e. The zero-order valence-corrected chi connectivity index (χ0v) is 13.2. The van der Waals surface area contributed by atoms with Crippen molar-refractivity contribution < 1.29 is 18.3 Å². The first kappa shape index (κ1) is 15.5. The van der Waals surface area contributed by atoms with E-state index in [0.717, 1.165) is 25.7 Å². The molecule has 1 aliphatic carbocycles. The summed E-state index contributed by atoms with van der Waals surface area (Å²) in [6.45, 7) is 0.409. The molecule has 0 amide bonds. The third-order valence-electron chi connectivity index (χ3n) is 3.50. The van der Waals surface area contributed by atoms with E-state index in [2.05, 4.69) is 20.7 Å². The highest BCUT2D eigenvalue weighted by atomic mass is 79.9. The fourth-order valence-electron chi connectivity index (χ4n) is 2.36. The van der Waals surface area contributed by atoms with Crippen LogP contribution >= 0.6 is 15.9 Å². The van der Waals surface area contributed by atoms with Gasteiger partial charge in [0, 0.05) is 11.0 Å². The molecule has 0 unspecified atom stereocenters. The lowest BCUT2D eigenvalue weighted by Crippen LogP contribution is -2.29. The smallest absolute Gasteiger partial charge is 0.335 e. The number of carboxylic acids is 1. The van der Waals surface area contributed by atoms with Gasteiger partial charge in [0.1, 0.15) is 0 Å². The van der Waals surface area contributed by atoms with Crippen LogP contribution in [0, 0.1) is 5.92 Å². The van der Waals surface area contributed by atoms with Crippen molar-refractivity contribution in [3.63, 3.8) is 0 Å². The molecule has 0 aliphatic heterocycles. The van der Waals surface area contributed by atoms with Gasteiger partial charge in [-0.2, -0.15) is 0 Å². The maximum Gasteiger partial charge on any atom is 0.335 e. The number of rotatable bonds is 5. The molecular weight excluding hydrogens is 346 g/mol. The Morgan fingerprint density at radius 3 is 2.60 bits per heavy atom. The van der Waals surface area contributed by atoms with E-state index in [1.807, 2.05) is 0 Å². The molecule has 1 fully saturated rings. The van der Waals surface area contributed by atoms with E-state index in [4.69, 9.17) is 5.11 Å². The van der Waals surface area contributed by atoms with Crippen molar-refractivity contribution in [2.24, 2.45) is 5.92 Å². The number of benzene rings is 1. The summed E-state index contributed by atoms with van der Waals surface area (Å²) in [5.41, 5.74) is -0.0468. The molecule has 0 radical (unpaired) electrons. The lowest BCUT2D eigenvalue weighted by Gasteiger charge is -2.12. The number of hydrogen-bond donors (Lipinski definition) is 2. The van der Waals surface area contributed by atoms with Crippen LogP contribution in [-0.4, -0.2) is 26.0 Å². The Morgan fingerprint density at radius 2 is 2.00 bits per heavy atom. The van der Waals surface area contributed by atoms with E-state index in [9.17, 15) is 13.2 Å². The first-order valence-corrected chi connectivity index (χ1v) is 8.70. The predicted molar refractivity (Wildman–Crippen MR) is 78.2 cm³/mol. The number of carbonyl (C=O) groups is 1. The molecule has 0 atom stereocenters. The summed E-state index contributed by atoms with van der Waals surface area (Å²) in [4.78, 5) is 10.9. The molecule has 1 aromatic rings. The Balaban J connectivity index is 2.19. The van der Waals surface area contributed by atoms with E-state index < -0.39 is 16.0 Å². The summed E-state index contributed by atoms with van der Waals surface area (Å²) in [7, 11) is -3.69. The van der Waals surface area contributed by atoms with E-state index in [-0.39, 0.29) is 10.5 Å². The molecule has 2 rings (SSSR count). The molecule has 5 nitrogen and oxygen atoms in total. The minimum absolute atomic E-state index is 0.0320. The highest BCUT2D eigenvalue weighted by Gasteiger charge is 2.22. The van der Waals surface area contributed by atoms with Gasteiger partial charge in [-0.1, -0.05) is 12.8 Å². The third-order valence-corrected chi connectivity index (χ3v) is 5.92. The Labute approximate surface area is 126 Å². The third kappa shape index (κ3) is 3.59. The van der Waals surface area contributed by atoms with Crippen LogP contribution in [0.5, 0.6) is 0 Å². The van der Waals surface area contributed by atoms with Crippen LogP contribution < -0.4 is 4.72 Å². The van der Waals surface area contributed by atoms with Crippen LogP contribution in [0.1, 0.15) is 36.0 Å². The van der Waals surface area contributed by atoms with Gasteiger partial charge in [0.25, 0.3) is 0 Å². The van der Waals surface area contributed by atoms with Crippen LogP contribution in [0.15, 0.2) is 27.6 Å². The van der Waals surface area contributed by atoms with Gasteiger partial charge < -0.3 is 5.11 Å². The van der Waals surface area contributed by atoms with Gasteiger partial charge in [0.05, 0.1) is 10.5 Å². The van der Waals surface area contributed by atoms with Crippen molar-refractivity contribution in [1.82, 2.24) is 4.72 Å². The summed E-state index contributed by atoms with van der Waals surface area (Å²) in [6.07, 6.45) is 4.37. The molecule has 0 bridgehead atoms. The summed E-state index contributed by atoms with van der Waals surface area (Å²) in [6, 6.07) is 3.97. The van der Waals surface area contributed by atoms with Gasteiger partial charge in [0.15, 0.2) is 0 Å². The molecular formula is C13H16BrNO4S. The molecule has 1 saturated carbocycles. The molecule has 0 spiro atoms. The molecule has 110 valence electrons. The fourth-order valence-corrected chi connectivity index (χ4v) is 4.47. The highest BCUT2D eigenvalue weighted by Crippen LogP contribution is 2.26. The largest absolute Gasteiger partial charge is 0.478 e. The lowest BCUT2D eigenvalue weighted by atomic mass is 10.1. The van der Waals surface area contributed by atoms with Crippen LogP contribution in [0.4, 0.5) is 0 Å². The number of carboxylic acid groups (broad SMARTS) is 1. The summed E-state index contributed by atoms with van der Waals surface area (Å²) in [5.74, 6) is -0.768. The van der Waals surface area contributed by atoms with Gasteiger partial charge in [-0.25, -0.2) is 17.9 Å². The molecule has 20 heavy (non-hydrogen) atoms. The van der Waals surface area contributed by atoms with Crippen LogP contribution in [0.3, 0.4) is 0 Å². The van der Waals surface area contributed by atoms with Crippen molar-refractivity contribution in [3.05, 3.63) is 28.2 Å². The van der Waals surface area contributed by atoms with Crippen molar-refractivity contribution in [3.8, 4) is 0 Å². The normalized spacial score (nSPS) is 16.4. The Morgan fingerprint density at radius 1 is 1.35 bits per heavy atom. The van der Waals surface area contributed by atoms with Gasteiger partial charge in [-0.3, -0.25) is 0 Å². The molecule has 0 heterocycles. The van der Waals surface area contributed by atoms with Crippen molar-refractivity contribution in [1.29, 1.82) is 0 Å². The second kappa shape index (κ2) is 6.24. The minimum atomic E-state index is -3.69. The topological polar surface area (TPSA) is 83.5 Å². The second-order valence-corrected chi connectivity index (χ2v) is 7.54. The Bertz CT molecular complexity index is 609. The zero-order chi connectivity index (χ0) is 14.8. The fraction of sp³-hybridized carbons (Fsp3) is 0.462. The summed E-state index contributed by atoms with van der Waals surface area (Å²) >= 11 is 3.16. The number of hydrogen-bond acceptors (Lipinski definition) is 3. The number of nitrogens with one attached hydrogen (secondary N) is 1. The maximum atomic E-state index is 12.3.